The van der Waals surface area contributed by atoms with Crippen molar-refractivity contribution < 1.29 is 13.6 Å². The van der Waals surface area contributed by atoms with Crippen LogP contribution in [0.1, 0.15) is 43.0 Å². The van der Waals surface area contributed by atoms with Gasteiger partial charge in [-0.25, -0.2) is 9.37 Å². The lowest BCUT2D eigenvalue weighted by Crippen LogP contribution is -2.43. The van der Waals surface area contributed by atoms with Gasteiger partial charge >= 0.3 is 0 Å². The van der Waals surface area contributed by atoms with Gasteiger partial charge in [0.1, 0.15) is 0 Å². The second-order valence-electron chi connectivity index (χ2n) is 4.69. The molecule has 1 aromatic heterocycles. The molecule has 0 unspecified atom stereocenters. The normalized spacial score (nSPS) is 18.1. The van der Waals surface area contributed by atoms with E-state index in [1.807, 2.05) is 6.92 Å². The van der Waals surface area contributed by atoms with Gasteiger partial charge in [0.2, 0.25) is 5.95 Å². The number of nitrogens with zero attached hydrogens (tertiary/aromatic N) is 1. The van der Waals surface area contributed by atoms with E-state index in [-0.39, 0.29) is 11.1 Å². The number of carbonyl (C=O) groups is 1. The van der Waals surface area contributed by atoms with Gasteiger partial charge in [0.05, 0.1) is 5.56 Å². The first kappa shape index (κ1) is 12.0. The Kier molecular flexibility index (Phi) is 3.09. The molecule has 1 heterocycles. The SMILES string of the molecule is CC1(NC(=O)c2ccnc(F)c2F)CCCC1. The van der Waals surface area contributed by atoms with Gasteiger partial charge in [-0.15, -0.1) is 0 Å². The molecular formula is C12H14F2N2O. The Bertz CT molecular complexity index is 442. The molecule has 1 aromatic rings. The first-order valence-corrected chi connectivity index (χ1v) is 5.64. The lowest BCUT2D eigenvalue weighted by atomic mass is 10.00. The summed E-state index contributed by atoms with van der Waals surface area (Å²) in [5, 5.41) is 2.77. The number of halogens is 2. The van der Waals surface area contributed by atoms with Crippen LogP contribution in [0.15, 0.2) is 12.3 Å². The fourth-order valence-electron chi connectivity index (χ4n) is 2.22. The van der Waals surface area contributed by atoms with E-state index in [0.29, 0.717) is 0 Å². The molecule has 1 N–H and O–H groups in total. The Labute approximate surface area is 98.2 Å². The molecule has 0 spiro atoms. The van der Waals surface area contributed by atoms with E-state index in [1.165, 1.54) is 6.07 Å². The number of carbonyl (C=O) groups excluding carboxylic acids is 1. The van der Waals surface area contributed by atoms with Crippen molar-refractivity contribution in [2.45, 2.75) is 38.1 Å². The maximum absolute atomic E-state index is 13.4. The summed E-state index contributed by atoms with van der Waals surface area (Å²) in [7, 11) is 0. The van der Waals surface area contributed by atoms with Crippen LogP contribution in [0.25, 0.3) is 0 Å². The third-order valence-electron chi connectivity index (χ3n) is 3.21. The van der Waals surface area contributed by atoms with Crippen molar-refractivity contribution in [1.29, 1.82) is 0 Å². The first-order valence-electron chi connectivity index (χ1n) is 5.64. The fourth-order valence-corrected chi connectivity index (χ4v) is 2.22. The topological polar surface area (TPSA) is 42.0 Å². The zero-order valence-corrected chi connectivity index (χ0v) is 9.59. The molecule has 1 fully saturated rings. The largest absolute Gasteiger partial charge is 0.347 e. The van der Waals surface area contributed by atoms with Crippen LogP contribution in [0.3, 0.4) is 0 Å². The first-order chi connectivity index (χ1) is 8.02. The number of hydrogen-bond donors (Lipinski definition) is 1. The van der Waals surface area contributed by atoms with Gasteiger partial charge in [0, 0.05) is 11.7 Å². The summed E-state index contributed by atoms with van der Waals surface area (Å²) in [6.45, 7) is 1.92. The maximum Gasteiger partial charge on any atom is 0.254 e. The van der Waals surface area contributed by atoms with E-state index < -0.39 is 17.7 Å². The molecule has 92 valence electrons. The molecule has 0 saturated heterocycles. The number of pyridine rings is 1. The van der Waals surface area contributed by atoms with Gasteiger partial charge in [-0.05, 0) is 25.8 Å². The molecule has 2 rings (SSSR count). The third kappa shape index (κ3) is 2.43. The smallest absolute Gasteiger partial charge is 0.254 e. The summed E-state index contributed by atoms with van der Waals surface area (Å²) in [6.07, 6.45) is 4.92. The van der Waals surface area contributed by atoms with Crippen molar-refractivity contribution in [1.82, 2.24) is 10.3 Å². The van der Waals surface area contributed by atoms with Crippen LogP contribution in [0, 0.1) is 11.8 Å². The standard InChI is InChI=1S/C12H14F2N2O/c1-12(5-2-3-6-12)16-11(17)8-4-7-15-10(14)9(8)13/h4,7H,2-3,5-6H2,1H3,(H,16,17). The van der Waals surface area contributed by atoms with Crippen LogP contribution < -0.4 is 5.32 Å². The highest BCUT2D eigenvalue weighted by molar-refractivity contribution is 5.94. The quantitative estimate of drug-likeness (QED) is 0.807. The lowest BCUT2D eigenvalue weighted by molar-refractivity contribution is 0.0902. The molecule has 0 atom stereocenters. The maximum atomic E-state index is 13.4. The van der Waals surface area contributed by atoms with Crippen molar-refractivity contribution in [3.63, 3.8) is 0 Å². The Morgan fingerprint density at radius 2 is 2.06 bits per heavy atom. The minimum atomic E-state index is -1.24. The number of aromatic nitrogens is 1. The van der Waals surface area contributed by atoms with Crippen molar-refractivity contribution in [2.75, 3.05) is 0 Å². The predicted octanol–water partition coefficient (Wildman–Crippen LogP) is 2.42. The molecule has 3 nitrogen and oxygen atoms in total. The zero-order chi connectivity index (χ0) is 12.5. The molecular weight excluding hydrogens is 226 g/mol. The van der Waals surface area contributed by atoms with E-state index in [1.54, 1.807) is 0 Å². The average Bonchev–Trinajstić information content (AvgIpc) is 2.68. The van der Waals surface area contributed by atoms with Gasteiger partial charge in [-0.3, -0.25) is 4.79 Å². The summed E-state index contributed by atoms with van der Waals surface area (Å²) in [5.41, 5.74) is -0.589. The summed E-state index contributed by atoms with van der Waals surface area (Å²) in [6, 6.07) is 1.19. The molecule has 0 aliphatic heterocycles. The lowest BCUT2D eigenvalue weighted by Gasteiger charge is -2.25. The van der Waals surface area contributed by atoms with Crippen molar-refractivity contribution in [3.8, 4) is 0 Å². The summed E-state index contributed by atoms with van der Waals surface area (Å²) in [5.74, 6) is -3.01. The van der Waals surface area contributed by atoms with Gasteiger partial charge in [-0.1, -0.05) is 12.8 Å². The molecule has 0 radical (unpaired) electrons. The summed E-state index contributed by atoms with van der Waals surface area (Å²) in [4.78, 5) is 15.0. The Balaban J connectivity index is 2.17. The second-order valence-corrected chi connectivity index (χ2v) is 4.69. The van der Waals surface area contributed by atoms with Crippen LogP contribution in [0.2, 0.25) is 0 Å². The second kappa shape index (κ2) is 4.39. The van der Waals surface area contributed by atoms with E-state index in [0.717, 1.165) is 31.9 Å². The number of nitrogens with one attached hydrogen (secondary N) is 1. The van der Waals surface area contributed by atoms with E-state index in [2.05, 4.69) is 10.3 Å². The van der Waals surface area contributed by atoms with Crippen LogP contribution in [-0.4, -0.2) is 16.4 Å². The molecule has 1 amide bonds. The number of amides is 1. The van der Waals surface area contributed by atoms with Crippen molar-refractivity contribution >= 4 is 5.91 Å². The molecule has 0 aromatic carbocycles. The van der Waals surface area contributed by atoms with Crippen LogP contribution in [0.4, 0.5) is 8.78 Å². The zero-order valence-electron chi connectivity index (χ0n) is 9.59. The molecule has 0 bridgehead atoms. The van der Waals surface area contributed by atoms with Gasteiger partial charge in [0.15, 0.2) is 5.82 Å². The molecule has 17 heavy (non-hydrogen) atoms. The molecule has 1 aliphatic rings. The highest BCUT2D eigenvalue weighted by Gasteiger charge is 2.31. The Morgan fingerprint density at radius 1 is 1.41 bits per heavy atom. The molecule has 1 saturated carbocycles. The monoisotopic (exact) mass is 240 g/mol. The van der Waals surface area contributed by atoms with E-state index in [9.17, 15) is 13.6 Å². The fraction of sp³-hybridized carbons (Fsp3) is 0.500. The summed E-state index contributed by atoms with van der Waals surface area (Å²) < 4.78 is 26.2. The molecule has 5 heteroatoms. The average molecular weight is 240 g/mol. The van der Waals surface area contributed by atoms with Gasteiger partial charge in [-0.2, -0.15) is 4.39 Å². The van der Waals surface area contributed by atoms with Crippen LogP contribution in [-0.2, 0) is 0 Å². The minimum Gasteiger partial charge on any atom is -0.347 e. The highest BCUT2D eigenvalue weighted by atomic mass is 19.2. The van der Waals surface area contributed by atoms with Crippen LogP contribution >= 0.6 is 0 Å². The van der Waals surface area contributed by atoms with Crippen molar-refractivity contribution in [2.24, 2.45) is 0 Å². The molecule has 1 aliphatic carbocycles. The Morgan fingerprint density at radius 3 is 2.71 bits per heavy atom. The predicted molar refractivity (Wildman–Crippen MR) is 58.5 cm³/mol. The number of rotatable bonds is 2. The third-order valence-corrected chi connectivity index (χ3v) is 3.21. The van der Waals surface area contributed by atoms with Crippen LogP contribution in [0.5, 0.6) is 0 Å². The number of hydrogen-bond acceptors (Lipinski definition) is 2. The van der Waals surface area contributed by atoms with E-state index in [4.69, 9.17) is 0 Å². The minimum absolute atomic E-state index is 0.286. The van der Waals surface area contributed by atoms with E-state index >= 15 is 0 Å². The van der Waals surface area contributed by atoms with Crippen molar-refractivity contribution in [3.05, 3.63) is 29.6 Å². The van der Waals surface area contributed by atoms with Gasteiger partial charge < -0.3 is 5.32 Å². The Hall–Kier alpha value is -1.52. The highest BCUT2D eigenvalue weighted by Crippen LogP contribution is 2.29. The van der Waals surface area contributed by atoms with Gasteiger partial charge in [0.25, 0.3) is 5.91 Å². The summed E-state index contributed by atoms with van der Waals surface area (Å²) >= 11 is 0.